The minimum absolute atomic E-state index is 0.0646. The Morgan fingerprint density at radius 2 is 1.63 bits per heavy atom. The standard InChI is InChI=1S/C26H36FN3O4S/c1-6-23(25(32)28-26(2,3)4)30(19-20-14-16-21(27)17-15-20)24(31)13-10-18-29(5)35(33,34)22-11-8-7-9-12-22/h7-9,11-12,14-17,23H,6,10,13,18-19H2,1-5H3,(H,28,32)/t23-/m1/s1. The van der Waals surface area contributed by atoms with E-state index < -0.39 is 21.6 Å². The number of carbonyl (C=O) groups is 2. The summed E-state index contributed by atoms with van der Waals surface area (Å²) < 4.78 is 40.1. The highest BCUT2D eigenvalue weighted by molar-refractivity contribution is 7.89. The van der Waals surface area contributed by atoms with Crippen molar-refractivity contribution >= 4 is 21.8 Å². The third-order valence-corrected chi connectivity index (χ3v) is 7.34. The molecule has 1 N–H and O–H groups in total. The normalized spacial score (nSPS) is 12.9. The Hall–Kier alpha value is -2.78. The lowest BCUT2D eigenvalue weighted by Gasteiger charge is -2.33. The van der Waals surface area contributed by atoms with E-state index >= 15 is 0 Å². The molecular formula is C26H36FN3O4S. The second kappa shape index (κ2) is 12.3. The van der Waals surface area contributed by atoms with E-state index in [2.05, 4.69) is 5.32 Å². The van der Waals surface area contributed by atoms with E-state index in [1.165, 1.54) is 40.5 Å². The van der Waals surface area contributed by atoms with Crippen molar-refractivity contribution in [1.29, 1.82) is 0 Å². The van der Waals surface area contributed by atoms with Crippen LogP contribution in [0.5, 0.6) is 0 Å². The molecule has 0 heterocycles. The molecule has 0 aliphatic rings. The van der Waals surface area contributed by atoms with Crippen molar-refractivity contribution in [2.24, 2.45) is 0 Å². The van der Waals surface area contributed by atoms with E-state index in [9.17, 15) is 22.4 Å². The van der Waals surface area contributed by atoms with Gasteiger partial charge in [0.15, 0.2) is 0 Å². The van der Waals surface area contributed by atoms with Gasteiger partial charge in [0.2, 0.25) is 21.8 Å². The van der Waals surface area contributed by atoms with Gasteiger partial charge in [0.1, 0.15) is 11.9 Å². The molecule has 2 aromatic rings. The van der Waals surface area contributed by atoms with E-state index in [0.717, 1.165) is 0 Å². The van der Waals surface area contributed by atoms with Crippen molar-refractivity contribution in [2.75, 3.05) is 13.6 Å². The third kappa shape index (κ3) is 8.43. The number of sulfonamides is 1. The van der Waals surface area contributed by atoms with Crippen LogP contribution < -0.4 is 5.32 Å². The lowest BCUT2D eigenvalue weighted by molar-refractivity contribution is -0.142. The predicted octanol–water partition coefficient (Wildman–Crippen LogP) is 3.95. The average molecular weight is 506 g/mol. The predicted molar refractivity (Wildman–Crippen MR) is 134 cm³/mol. The fourth-order valence-corrected chi connectivity index (χ4v) is 4.88. The molecule has 0 bridgehead atoms. The lowest BCUT2D eigenvalue weighted by atomic mass is 10.0. The number of benzene rings is 2. The Bertz CT molecular complexity index is 1080. The van der Waals surface area contributed by atoms with Crippen LogP contribution in [0.1, 0.15) is 52.5 Å². The van der Waals surface area contributed by atoms with Gasteiger partial charge in [-0.15, -0.1) is 0 Å². The molecule has 2 aromatic carbocycles. The summed E-state index contributed by atoms with van der Waals surface area (Å²) in [5, 5.41) is 2.93. The maximum absolute atomic E-state index is 13.4. The first-order chi connectivity index (χ1) is 16.3. The van der Waals surface area contributed by atoms with Gasteiger partial charge < -0.3 is 10.2 Å². The maximum Gasteiger partial charge on any atom is 0.243 e. The number of rotatable bonds is 11. The minimum Gasteiger partial charge on any atom is -0.350 e. The van der Waals surface area contributed by atoms with E-state index in [0.29, 0.717) is 18.4 Å². The van der Waals surface area contributed by atoms with Crippen LogP contribution in [0.2, 0.25) is 0 Å². The summed E-state index contributed by atoms with van der Waals surface area (Å²) >= 11 is 0. The Morgan fingerprint density at radius 3 is 2.17 bits per heavy atom. The first-order valence-corrected chi connectivity index (χ1v) is 13.2. The maximum atomic E-state index is 13.4. The number of amides is 2. The first-order valence-electron chi connectivity index (χ1n) is 11.7. The van der Waals surface area contributed by atoms with Gasteiger partial charge in [-0.2, -0.15) is 0 Å². The minimum atomic E-state index is -3.66. The Morgan fingerprint density at radius 1 is 1.03 bits per heavy atom. The zero-order chi connectivity index (χ0) is 26.2. The first kappa shape index (κ1) is 28.5. The Kier molecular flexibility index (Phi) is 9.97. The molecule has 1 atom stereocenters. The van der Waals surface area contributed by atoms with Crippen molar-refractivity contribution in [3.05, 3.63) is 66.0 Å². The van der Waals surface area contributed by atoms with Crippen molar-refractivity contribution in [3.8, 4) is 0 Å². The van der Waals surface area contributed by atoms with Gasteiger partial charge in [-0.3, -0.25) is 9.59 Å². The molecule has 0 aliphatic carbocycles. The van der Waals surface area contributed by atoms with Crippen molar-refractivity contribution in [3.63, 3.8) is 0 Å². The van der Waals surface area contributed by atoms with Crippen LogP contribution in [0.25, 0.3) is 0 Å². The molecule has 35 heavy (non-hydrogen) atoms. The van der Waals surface area contributed by atoms with E-state index in [-0.39, 0.29) is 42.0 Å². The van der Waals surface area contributed by atoms with Gasteiger partial charge in [0.25, 0.3) is 0 Å². The molecule has 192 valence electrons. The Labute approximate surface area is 208 Å². The smallest absolute Gasteiger partial charge is 0.243 e. The molecule has 0 spiro atoms. The number of carbonyl (C=O) groups excluding carboxylic acids is 2. The number of halogens is 1. The molecule has 0 saturated heterocycles. The Balaban J connectivity index is 2.15. The van der Waals surface area contributed by atoms with Crippen LogP contribution in [-0.4, -0.2) is 54.6 Å². The molecule has 0 radical (unpaired) electrons. The van der Waals surface area contributed by atoms with Gasteiger partial charge in [-0.05, 0) is 63.4 Å². The van der Waals surface area contributed by atoms with E-state index in [1.54, 1.807) is 30.3 Å². The fraction of sp³-hybridized carbons (Fsp3) is 0.462. The highest BCUT2D eigenvalue weighted by Gasteiger charge is 2.30. The highest BCUT2D eigenvalue weighted by atomic mass is 32.2. The molecule has 0 fully saturated rings. The number of nitrogens with zero attached hydrogens (tertiary/aromatic N) is 2. The molecular weight excluding hydrogens is 469 g/mol. The van der Waals surface area contributed by atoms with Gasteiger partial charge in [0.05, 0.1) is 4.90 Å². The summed E-state index contributed by atoms with van der Waals surface area (Å²) in [5.74, 6) is -0.915. The summed E-state index contributed by atoms with van der Waals surface area (Å²) in [6.07, 6.45) is 0.755. The van der Waals surface area contributed by atoms with Crippen LogP contribution in [-0.2, 0) is 26.2 Å². The summed E-state index contributed by atoms with van der Waals surface area (Å²) in [4.78, 5) is 28.0. The second-order valence-electron chi connectivity index (χ2n) is 9.55. The van der Waals surface area contributed by atoms with E-state index in [4.69, 9.17) is 0 Å². The van der Waals surface area contributed by atoms with E-state index in [1.807, 2.05) is 27.7 Å². The quantitative estimate of drug-likeness (QED) is 0.501. The highest BCUT2D eigenvalue weighted by Crippen LogP contribution is 2.18. The number of nitrogens with one attached hydrogen (secondary N) is 1. The van der Waals surface area contributed by atoms with Gasteiger partial charge in [-0.25, -0.2) is 17.1 Å². The number of hydrogen-bond acceptors (Lipinski definition) is 4. The largest absolute Gasteiger partial charge is 0.350 e. The second-order valence-corrected chi connectivity index (χ2v) is 11.6. The zero-order valence-corrected chi connectivity index (χ0v) is 21.9. The summed E-state index contributed by atoms with van der Waals surface area (Å²) in [6.45, 7) is 7.73. The molecule has 0 aliphatic heterocycles. The molecule has 7 nitrogen and oxygen atoms in total. The SMILES string of the molecule is CC[C@H](C(=O)NC(C)(C)C)N(Cc1ccc(F)cc1)C(=O)CCCN(C)S(=O)(=O)c1ccccc1. The van der Waals surface area contributed by atoms with Crippen LogP contribution in [0.4, 0.5) is 4.39 Å². The van der Waals surface area contributed by atoms with Gasteiger partial charge in [-0.1, -0.05) is 37.3 Å². The molecule has 0 saturated carbocycles. The van der Waals surface area contributed by atoms with Gasteiger partial charge >= 0.3 is 0 Å². The number of hydrogen-bond donors (Lipinski definition) is 1. The van der Waals surface area contributed by atoms with Crippen molar-refractivity contribution in [1.82, 2.24) is 14.5 Å². The lowest BCUT2D eigenvalue weighted by Crippen LogP contribution is -2.53. The molecule has 0 aromatic heterocycles. The van der Waals surface area contributed by atoms with Crippen LogP contribution in [0.15, 0.2) is 59.5 Å². The van der Waals surface area contributed by atoms with Crippen LogP contribution in [0, 0.1) is 5.82 Å². The molecule has 0 unspecified atom stereocenters. The molecule has 9 heteroatoms. The third-order valence-electron chi connectivity index (χ3n) is 5.47. The molecule has 2 amide bonds. The zero-order valence-electron chi connectivity index (χ0n) is 21.1. The molecule has 2 rings (SSSR count). The average Bonchev–Trinajstić information content (AvgIpc) is 2.79. The van der Waals surface area contributed by atoms with Crippen LogP contribution in [0.3, 0.4) is 0 Å². The summed E-state index contributed by atoms with van der Waals surface area (Å²) in [6, 6.07) is 13.2. The monoisotopic (exact) mass is 505 g/mol. The fourth-order valence-electron chi connectivity index (χ4n) is 3.65. The topological polar surface area (TPSA) is 86.8 Å². The summed E-state index contributed by atoms with van der Waals surface area (Å²) in [7, 11) is -2.17. The van der Waals surface area contributed by atoms with Gasteiger partial charge in [0, 0.05) is 32.1 Å². The van der Waals surface area contributed by atoms with Crippen molar-refractivity contribution in [2.45, 2.75) is 70.0 Å². The van der Waals surface area contributed by atoms with Crippen LogP contribution >= 0.6 is 0 Å². The van der Waals surface area contributed by atoms with Crippen molar-refractivity contribution < 1.29 is 22.4 Å². The summed E-state index contributed by atoms with van der Waals surface area (Å²) in [5.41, 5.74) is 0.231.